The number of benzene rings is 1. The molecule has 0 saturated heterocycles. The predicted octanol–water partition coefficient (Wildman–Crippen LogP) is 4.91. The van der Waals surface area contributed by atoms with Crippen LogP contribution in [0.25, 0.3) is 6.08 Å². The number of carbonyl (C=O) groups excluding carboxylic acids is 1. The normalized spacial score (nSPS) is 11.0. The largest absolute Gasteiger partial charge is 0.319 e. The Kier molecular flexibility index (Phi) is 5.03. The van der Waals surface area contributed by atoms with E-state index in [-0.39, 0.29) is 5.57 Å². The van der Waals surface area contributed by atoms with Crippen LogP contribution in [0, 0.1) is 18.3 Å². The molecule has 106 valence electrons. The Balaban J connectivity index is 2.29. The molecule has 0 spiro atoms. The number of amides is 1. The van der Waals surface area contributed by atoms with Gasteiger partial charge in [0.05, 0.1) is 15.7 Å². The Morgan fingerprint density at radius 1 is 1.33 bits per heavy atom. The highest BCUT2D eigenvalue weighted by atomic mass is 35.5. The van der Waals surface area contributed by atoms with Crippen LogP contribution in [0.15, 0.2) is 35.2 Å². The number of nitrogens with zero attached hydrogens (tertiary/aromatic N) is 1. The summed E-state index contributed by atoms with van der Waals surface area (Å²) in [6.45, 7) is 1.92. The SMILES string of the molecule is Cc1ccsc1/C=C(/C#N)C(=O)Nc1c(Cl)cccc1Cl. The van der Waals surface area contributed by atoms with Gasteiger partial charge in [-0.15, -0.1) is 11.3 Å². The molecule has 0 radical (unpaired) electrons. The summed E-state index contributed by atoms with van der Waals surface area (Å²) in [5.74, 6) is -0.541. The fourth-order valence-corrected chi connectivity index (χ4v) is 2.96. The van der Waals surface area contributed by atoms with Gasteiger partial charge in [0.15, 0.2) is 0 Å². The van der Waals surface area contributed by atoms with E-state index in [1.54, 1.807) is 24.3 Å². The lowest BCUT2D eigenvalue weighted by Crippen LogP contribution is -2.14. The van der Waals surface area contributed by atoms with Crippen molar-refractivity contribution in [1.29, 1.82) is 5.26 Å². The van der Waals surface area contributed by atoms with Crippen molar-refractivity contribution in [3.8, 4) is 6.07 Å². The number of nitriles is 1. The molecule has 21 heavy (non-hydrogen) atoms. The monoisotopic (exact) mass is 336 g/mol. The molecule has 1 N–H and O–H groups in total. The Hall–Kier alpha value is -1.80. The molecule has 1 aromatic heterocycles. The molecule has 0 aliphatic heterocycles. The molecule has 1 amide bonds. The molecular formula is C15H10Cl2N2OS. The van der Waals surface area contributed by atoms with Gasteiger partial charge in [-0.05, 0) is 42.1 Å². The van der Waals surface area contributed by atoms with Gasteiger partial charge >= 0.3 is 0 Å². The molecule has 1 heterocycles. The molecule has 0 aliphatic carbocycles. The maximum Gasteiger partial charge on any atom is 0.266 e. The highest BCUT2D eigenvalue weighted by Gasteiger charge is 2.14. The molecule has 6 heteroatoms. The number of para-hydroxylation sites is 1. The smallest absolute Gasteiger partial charge is 0.266 e. The van der Waals surface area contributed by atoms with E-state index in [9.17, 15) is 4.79 Å². The molecule has 0 aliphatic rings. The first-order valence-electron chi connectivity index (χ1n) is 5.94. The van der Waals surface area contributed by atoms with Crippen LogP contribution < -0.4 is 5.32 Å². The molecule has 0 fully saturated rings. The number of halogens is 2. The first kappa shape index (κ1) is 15.6. The fraction of sp³-hybridized carbons (Fsp3) is 0.0667. The van der Waals surface area contributed by atoms with Crippen LogP contribution in [0.4, 0.5) is 5.69 Å². The van der Waals surface area contributed by atoms with Crippen LogP contribution >= 0.6 is 34.5 Å². The van der Waals surface area contributed by atoms with Crippen LogP contribution in [0.3, 0.4) is 0 Å². The van der Waals surface area contributed by atoms with E-state index < -0.39 is 5.91 Å². The van der Waals surface area contributed by atoms with Crippen molar-refractivity contribution >= 4 is 52.2 Å². The van der Waals surface area contributed by atoms with Crippen molar-refractivity contribution in [2.24, 2.45) is 0 Å². The summed E-state index contributed by atoms with van der Waals surface area (Å²) in [4.78, 5) is 13.0. The summed E-state index contributed by atoms with van der Waals surface area (Å²) < 4.78 is 0. The summed E-state index contributed by atoms with van der Waals surface area (Å²) in [6, 6.07) is 8.72. The van der Waals surface area contributed by atoms with Gasteiger partial charge in [0.1, 0.15) is 11.6 Å². The average Bonchev–Trinajstić information content (AvgIpc) is 2.85. The number of aryl methyl sites for hydroxylation is 1. The maximum atomic E-state index is 12.2. The number of hydrogen-bond donors (Lipinski definition) is 1. The first-order chi connectivity index (χ1) is 10.0. The summed E-state index contributed by atoms with van der Waals surface area (Å²) >= 11 is 13.4. The van der Waals surface area contributed by atoms with Gasteiger partial charge < -0.3 is 5.32 Å². The Labute approximate surface area is 136 Å². The van der Waals surface area contributed by atoms with Crippen molar-refractivity contribution in [1.82, 2.24) is 0 Å². The van der Waals surface area contributed by atoms with Crippen molar-refractivity contribution in [3.05, 3.63) is 55.7 Å². The molecule has 0 bridgehead atoms. The van der Waals surface area contributed by atoms with E-state index in [0.717, 1.165) is 10.4 Å². The quantitative estimate of drug-likeness (QED) is 0.639. The number of thiophene rings is 1. The molecular weight excluding hydrogens is 327 g/mol. The minimum absolute atomic E-state index is 0.00321. The standard InChI is InChI=1S/C15H10Cl2N2OS/c1-9-5-6-21-13(9)7-10(8-18)15(20)19-14-11(16)3-2-4-12(14)17/h2-7H,1H3,(H,19,20)/b10-7-. The van der Waals surface area contributed by atoms with Crippen LogP contribution in [-0.4, -0.2) is 5.91 Å². The third-order valence-corrected chi connectivity index (χ3v) is 4.34. The zero-order chi connectivity index (χ0) is 15.4. The summed E-state index contributed by atoms with van der Waals surface area (Å²) in [5.41, 5.74) is 1.31. The first-order valence-corrected chi connectivity index (χ1v) is 7.57. The van der Waals surface area contributed by atoms with Crippen LogP contribution in [0.5, 0.6) is 0 Å². The van der Waals surface area contributed by atoms with Gasteiger partial charge in [-0.2, -0.15) is 5.26 Å². The molecule has 0 unspecified atom stereocenters. The van der Waals surface area contributed by atoms with E-state index >= 15 is 0 Å². The molecule has 2 rings (SSSR count). The minimum Gasteiger partial charge on any atom is -0.319 e. The average molecular weight is 337 g/mol. The topological polar surface area (TPSA) is 52.9 Å². The van der Waals surface area contributed by atoms with Crippen LogP contribution in [0.1, 0.15) is 10.4 Å². The van der Waals surface area contributed by atoms with Crippen LogP contribution in [-0.2, 0) is 4.79 Å². The number of anilines is 1. The Bertz CT molecular complexity index is 739. The van der Waals surface area contributed by atoms with Crippen molar-refractivity contribution in [2.45, 2.75) is 6.92 Å². The maximum absolute atomic E-state index is 12.2. The second-order valence-electron chi connectivity index (χ2n) is 4.19. The van der Waals surface area contributed by atoms with Gasteiger partial charge in [-0.1, -0.05) is 29.3 Å². The second-order valence-corrected chi connectivity index (χ2v) is 5.95. The molecule has 3 nitrogen and oxygen atoms in total. The van der Waals surface area contributed by atoms with Crippen molar-refractivity contribution < 1.29 is 4.79 Å². The van der Waals surface area contributed by atoms with Gasteiger partial charge in [-0.25, -0.2) is 0 Å². The van der Waals surface area contributed by atoms with E-state index in [0.29, 0.717) is 15.7 Å². The molecule has 1 aromatic carbocycles. The van der Waals surface area contributed by atoms with E-state index in [1.165, 1.54) is 11.3 Å². The van der Waals surface area contributed by atoms with Gasteiger partial charge in [0.25, 0.3) is 5.91 Å². The summed E-state index contributed by atoms with van der Waals surface area (Å²) in [5, 5.41) is 14.3. The number of carbonyl (C=O) groups is 1. The summed E-state index contributed by atoms with van der Waals surface area (Å²) in [6.07, 6.45) is 1.56. The highest BCUT2D eigenvalue weighted by molar-refractivity contribution is 7.11. The lowest BCUT2D eigenvalue weighted by atomic mass is 10.2. The number of rotatable bonds is 3. The van der Waals surface area contributed by atoms with E-state index in [1.807, 2.05) is 24.4 Å². The zero-order valence-electron chi connectivity index (χ0n) is 11.0. The molecule has 2 aromatic rings. The van der Waals surface area contributed by atoms with Crippen molar-refractivity contribution in [3.63, 3.8) is 0 Å². The van der Waals surface area contributed by atoms with Gasteiger partial charge in [-0.3, -0.25) is 4.79 Å². The summed E-state index contributed by atoms with van der Waals surface area (Å²) in [7, 11) is 0. The van der Waals surface area contributed by atoms with E-state index in [4.69, 9.17) is 28.5 Å². The lowest BCUT2D eigenvalue weighted by molar-refractivity contribution is -0.112. The lowest BCUT2D eigenvalue weighted by Gasteiger charge is -2.08. The minimum atomic E-state index is -0.541. The fourth-order valence-electron chi connectivity index (χ4n) is 1.61. The Morgan fingerprint density at radius 3 is 2.52 bits per heavy atom. The molecule has 0 saturated carbocycles. The third-order valence-electron chi connectivity index (χ3n) is 2.74. The Morgan fingerprint density at radius 2 is 2.00 bits per heavy atom. The predicted molar refractivity (Wildman–Crippen MR) is 87.7 cm³/mol. The van der Waals surface area contributed by atoms with Gasteiger partial charge in [0.2, 0.25) is 0 Å². The van der Waals surface area contributed by atoms with Crippen LogP contribution in [0.2, 0.25) is 10.0 Å². The van der Waals surface area contributed by atoms with Gasteiger partial charge in [0, 0.05) is 4.88 Å². The van der Waals surface area contributed by atoms with E-state index in [2.05, 4.69) is 5.32 Å². The zero-order valence-corrected chi connectivity index (χ0v) is 13.3. The van der Waals surface area contributed by atoms with Crippen molar-refractivity contribution in [2.75, 3.05) is 5.32 Å². The number of nitrogens with one attached hydrogen (secondary N) is 1. The third kappa shape index (κ3) is 3.64. The number of hydrogen-bond acceptors (Lipinski definition) is 3. The second kappa shape index (κ2) is 6.77. The molecule has 0 atom stereocenters. The highest BCUT2D eigenvalue weighted by Crippen LogP contribution is 2.30.